The molecule has 4 rings (SSSR count). The smallest absolute Gasteiger partial charge is 0.338 e. The summed E-state index contributed by atoms with van der Waals surface area (Å²) < 4.78 is 21.4. The predicted molar refractivity (Wildman–Crippen MR) is 195 cm³/mol. The van der Waals surface area contributed by atoms with Crippen LogP contribution in [0.5, 0.6) is 0 Å². The van der Waals surface area contributed by atoms with Crippen LogP contribution in [0.1, 0.15) is 82.0 Å². The summed E-state index contributed by atoms with van der Waals surface area (Å²) in [5.41, 5.74) is 1.59. The highest BCUT2D eigenvalue weighted by molar-refractivity contribution is 6.31. The van der Waals surface area contributed by atoms with E-state index in [1.165, 1.54) is 0 Å². The third kappa shape index (κ3) is 14.0. The van der Waals surface area contributed by atoms with Crippen molar-refractivity contribution in [3.8, 4) is 0 Å². The molecule has 4 unspecified atom stereocenters. The molecular weight excluding hydrogens is 726 g/mol. The van der Waals surface area contributed by atoms with Crippen molar-refractivity contribution in [2.75, 3.05) is 0 Å². The number of hydrogen-bond donors (Lipinski definition) is 0. The van der Waals surface area contributed by atoms with Crippen LogP contribution in [0.4, 0.5) is 0 Å². The monoisotopic (exact) mass is 760 g/mol. The SMILES string of the molecule is CC(CC(C)OC(=O)c1ccc(Cl)cc1)OC(=O)c1ccc(Cl)cc1.CC(CC(C)OC(=O)c1cccc(Cl)c1)OC(=O)c1cccc(Cl)c1. The molecular formula is C38H36Cl4O8. The molecule has 0 aliphatic rings. The predicted octanol–water partition coefficient (Wildman–Crippen LogP) is 10.3. The molecule has 4 aromatic carbocycles. The summed E-state index contributed by atoms with van der Waals surface area (Å²) in [6.45, 7) is 6.99. The molecule has 0 aliphatic carbocycles. The molecule has 12 heteroatoms. The van der Waals surface area contributed by atoms with E-state index in [1.54, 1.807) is 125 Å². The van der Waals surface area contributed by atoms with Crippen molar-refractivity contribution in [1.29, 1.82) is 0 Å². The molecule has 0 heterocycles. The van der Waals surface area contributed by atoms with E-state index in [0.29, 0.717) is 55.2 Å². The van der Waals surface area contributed by atoms with Crippen molar-refractivity contribution >= 4 is 70.3 Å². The summed E-state index contributed by atoms with van der Waals surface area (Å²) in [6, 6.07) is 25.9. The van der Waals surface area contributed by atoms with Crippen molar-refractivity contribution in [3.63, 3.8) is 0 Å². The number of carbonyl (C=O) groups excluding carboxylic acids is 4. The standard InChI is InChI=1S/2C19H18Cl2O4/c1-12(24-18(22)14-3-7-16(20)8-4-14)11-13(2)25-19(23)15-5-9-17(21)10-6-15;1-12(24-18(22)14-5-3-7-16(20)10-14)9-13(2)25-19(23)15-6-4-8-17(21)11-15/h3-10,12-13H,11H2,1-2H3;3-8,10-13H,9H2,1-2H3. The van der Waals surface area contributed by atoms with E-state index in [-0.39, 0.29) is 0 Å². The number of hydrogen-bond acceptors (Lipinski definition) is 8. The maximum atomic E-state index is 12.1. The van der Waals surface area contributed by atoms with E-state index >= 15 is 0 Å². The van der Waals surface area contributed by atoms with E-state index in [9.17, 15) is 19.2 Å². The highest BCUT2D eigenvalue weighted by Gasteiger charge is 2.20. The first kappa shape index (κ1) is 40.4. The van der Waals surface area contributed by atoms with Crippen LogP contribution in [0.15, 0.2) is 97.1 Å². The van der Waals surface area contributed by atoms with E-state index < -0.39 is 48.3 Å². The van der Waals surface area contributed by atoms with Crippen molar-refractivity contribution in [3.05, 3.63) is 139 Å². The van der Waals surface area contributed by atoms with Gasteiger partial charge in [-0.15, -0.1) is 0 Å². The second-order valence-corrected chi connectivity index (χ2v) is 13.1. The Morgan fingerprint density at radius 1 is 0.420 bits per heavy atom. The Balaban J connectivity index is 0.000000270. The topological polar surface area (TPSA) is 105 Å². The minimum atomic E-state index is -0.469. The van der Waals surface area contributed by atoms with Gasteiger partial charge in [0.2, 0.25) is 0 Å². The zero-order valence-corrected chi connectivity index (χ0v) is 30.8. The molecule has 8 nitrogen and oxygen atoms in total. The summed E-state index contributed by atoms with van der Waals surface area (Å²) in [5, 5.41) is 2.02. The third-order valence-corrected chi connectivity index (χ3v) is 7.82. The minimum absolute atomic E-state index is 0.374. The summed E-state index contributed by atoms with van der Waals surface area (Å²) in [4.78, 5) is 48.2. The number of esters is 4. The molecule has 0 aromatic heterocycles. The van der Waals surface area contributed by atoms with Crippen LogP contribution in [0.2, 0.25) is 20.1 Å². The van der Waals surface area contributed by atoms with Gasteiger partial charge in [0.05, 0.1) is 22.3 Å². The Bertz CT molecular complexity index is 1620. The molecule has 0 bridgehead atoms. The zero-order chi connectivity index (χ0) is 36.8. The van der Waals surface area contributed by atoms with Crippen molar-refractivity contribution in [2.45, 2.75) is 65.0 Å². The van der Waals surface area contributed by atoms with Gasteiger partial charge in [-0.25, -0.2) is 19.2 Å². The molecule has 50 heavy (non-hydrogen) atoms. The van der Waals surface area contributed by atoms with Gasteiger partial charge in [0.1, 0.15) is 24.4 Å². The summed E-state index contributed by atoms with van der Waals surface area (Å²) in [7, 11) is 0. The Morgan fingerprint density at radius 2 is 0.700 bits per heavy atom. The third-order valence-electron chi connectivity index (χ3n) is 6.84. The Labute approximate surface area is 311 Å². The lowest BCUT2D eigenvalue weighted by atomic mass is 10.2. The van der Waals surface area contributed by atoms with Crippen LogP contribution >= 0.6 is 46.4 Å². The first-order chi connectivity index (χ1) is 23.7. The Hall–Kier alpha value is -4.08. The van der Waals surface area contributed by atoms with Gasteiger partial charge in [0, 0.05) is 32.9 Å². The van der Waals surface area contributed by atoms with E-state index in [2.05, 4.69) is 0 Å². The second kappa shape index (κ2) is 19.9. The fourth-order valence-corrected chi connectivity index (χ4v) is 5.17. The Kier molecular flexibility index (Phi) is 16.1. The molecule has 0 amide bonds. The molecule has 0 N–H and O–H groups in total. The Morgan fingerprint density at radius 3 is 0.980 bits per heavy atom. The van der Waals surface area contributed by atoms with E-state index in [1.807, 2.05) is 0 Å². The molecule has 0 aliphatic heterocycles. The molecule has 264 valence electrons. The molecule has 4 aromatic rings. The lowest BCUT2D eigenvalue weighted by Crippen LogP contribution is -2.23. The molecule has 0 saturated carbocycles. The first-order valence-electron chi connectivity index (χ1n) is 15.6. The lowest BCUT2D eigenvalue weighted by molar-refractivity contribution is 0.00570. The lowest BCUT2D eigenvalue weighted by Gasteiger charge is -2.18. The quantitative estimate of drug-likeness (QED) is 0.104. The van der Waals surface area contributed by atoms with E-state index in [0.717, 1.165) is 0 Å². The van der Waals surface area contributed by atoms with Crippen LogP contribution in [-0.4, -0.2) is 48.3 Å². The number of carbonyl (C=O) groups is 4. The van der Waals surface area contributed by atoms with Crippen LogP contribution in [-0.2, 0) is 18.9 Å². The molecule has 4 atom stereocenters. The van der Waals surface area contributed by atoms with Gasteiger partial charge in [-0.1, -0.05) is 58.5 Å². The highest BCUT2D eigenvalue weighted by atomic mass is 35.5. The van der Waals surface area contributed by atoms with Gasteiger partial charge in [-0.3, -0.25) is 0 Å². The van der Waals surface area contributed by atoms with Crippen molar-refractivity contribution < 1.29 is 38.1 Å². The zero-order valence-electron chi connectivity index (χ0n) is 27.7. The first-order valence-corrected chi connectivity index (χ1v) is 17.1. The van der Waals surface area contributed by atoms with Gasteiger partial charge >= 0.3 is 23.9 Å². The van der Waals surface area contributed by atoms with E-state index in [4.69, 9.17) is 65.4 Å². The maximum absolute atomic E-state index is 12.1. The molecule has 0 spiro atoms. The summed E-state index contributed by atoms with van der Waals surface area (Å²) in [5.74, 6) is -1.83. The number of ether oxygens (including phenoxy) is 4. The molecule has 0 fully saturated rings. The van der Waals surface area contributed by atoms with Crippen LogP contribution < -0.4 is 0 Å². The van der Waals surface area contributed by atoms with Gasteiger partial charge < -0.3 is 18.9 Å². The largest absolute Gasteiger partial charge is 0.459 e. The molecule has 0 radical (unpaired) electrons. The maximum Gasteiger partial charge on any atom is 0.338 e. The van der Waals surface area contributed by atoms with Crippen LogP contribution in [0, 0.1) is 0 Å². The fraction of sp³-hybridized carbons (Fsp3) is 0.263. The summed E-state index contributed by atoms with van der Waals surface area (Å²) >= 11 is 23.3. The number of rotatable bonds is 12. The van der Waals surface area contributed by atoms with Gasteiger partial charge in [-0.2, -0.15) is 0 Å². The fourth-order valence-electron chi connectivity index (χ4n) is 4.53. The summed E-state index contributed by atoms with van der Waals surface area (Å²) in [6.07, 6.45) is -0.897. The average molecular weight is 763 g/mol. The van der Waals surface area contributed by atoms with Gasteiger partial charge in [0.15, 0.2) is 0 Å². The molecule has 0 saturated heterocycles. The number of halogens is 4. The number of benzene rings is 4. The highest BCUT2D eigenvalue weighted by Crippen LogP contribution is 2.18. The van der Waals surface area contributed by atoms with Gasteiger partial charge in [-0.05, 0) is 113 Å². The van der Waals surface area contributed by atoms with Crippen molar-refractivity contribution in [1.82, 2.24) is 0 Å². The van der Waals surface area contributed by atoms with Gasteiger partial charge in [0.25, 0.3) is 0 Å². The second-order valence-electron chi connectivity index (χ2n) is 11.4. The normalized spacial score (nSPS) is 13.0. The van der Waals surface area contributed by atoms with Crippen molar-refractivity contribution in [2.24, 2.45) is 0 Å². The van der Waals surface area contributed by atoms with Crippen LogP contribution in [0.3, 0.4) is 0 Å². The minimum Gasteiger partial charge on any atom is -0.459 e. The average Bonchev–Trinajstić information content (AvgIpc) is 3.05. The van der Waals surface area contributed by atoms with Crippen LogP contribution in [0.25, 0.3) is 0 Å².